The van der Waals surface area contributed by atoms with E-state index in [2.05, 4.69) is 15.5 Å². The SMILES string of the molecule is Cl.O=C(CCN1CCC2CNCC2C1)Nc1c(Cl)cccc1Cl. The summed E-state index contributed by atoms with van der Waals surface area (Å²) in [4.78, 5) is 14.5. The number of rotatable bonds is 4. The molecule has 2 heterocycles. The number of hydrogen-bond acceptors (Lipinski definition) is 3. The molecule has 2 N–H and O–H groups in total. The predicted molar refractivity (Wildman–Crippen MR) is 97.9 cm³/mol. The van der Waals surface area contributed by atoms with Crippen LogP contribution in [0.3, 0.4) is 0 Å². The monoisotopic (exact) mass is 377 g/mol. The van der Waals surface area contributed by atoms with Gasteiger partial charge in [-0.15, -0.1) is 12.4 Å². The van der Waals surface area contributed by atoms with E-state index in [0.29, 0.717) is 22.2 Å². The molecule has 1 amide bonds. The summed E-state index contributed by atoms with van der Waals surface area (Å²) in [5.74, 6) is 1.53. The Bertz CT molecular complexity index is 535. The van der Waals surface area contributed by atoms with Crippen LogP contribution >= 0.6 is 35.6 Å². The Morgan fingerprint density at radius 2 is 1.96 bits per heavy atom. The fourth-order valence-corrected chi connectivity index (χ4v) is 3.88. The Hall–Kier alpha value is -0.520. The van der Waals surface area contributed by atoms with Crippen molar-refractivity contribution < 1.29 is 4.79 Å². The molecule has 0 radical (unpaired) electrons. The fraction of sp³-hybridized carbons (Fsp3) is 0.562. The number of carbonyl (C=O) groups excluding carboxylic acids is 1. The van der Waals surface area contributed by atoms with Gasteiger partial charge in [0, 0.05) is 19.5 Å². The van der Waals surface area contributed by atoms with Crippen LogP contribution in [0.5, 0.6) is 0 Å². The number of carbonyl (C=O) groups is 1. The third-order valence-corrected chi connectivity index (χ3v) is 5.30. The van der Waals surface area contributed by atoms with Gasteiger partial charge in [0.25, 0.3) is 0 Å². The van der Waals surface area contributed by atoms with Crippen LogP contribution in [-0.2, 0) is 4.79 Å². The lowest BCUT2D eigenvalue weighted by molar-refractivity contribution is -0.116. The van der Waals surface area contributed by atoms with E-state index in [9.17, 15) is 4.79 Å². The molecule has 2 aliphatic heterocycles. The van der Waals surface area contributed by atoms with Crippen LogP contribution in [0.1, 0.15) is 12.8 Å². The van der Waals surface area contributed by atoms with E-state index in [1.807, 2.05) is 0 Å². The first-order valence-electron chi connectivity index (χ1n) is 7.80. The molecule has 0 aliphatic carbocycles. The van der Waals surface area contributed by atoms with E-state index in [1.165, 1.54) is 6.42 Å². The molecule has 0 saturated carbocycles. The molecule has 0 aromatic heterocycles. The third kappa shape index (κ3) is 4.74. The van der Waals surface area contributed by atoms with Gasteiger partial charge in [-0.3, -0.25) is 4.79 Å². The van der Waals surface area contributed by atoms with E-state index in [1.54, 1.807) is 18.2 Å². The van der Waals surface area contributed by atoms with E-state index >= 15 is 0 Å². The lowest BCUT2D eigenvalue weighted by Crippen LogP contribution is -2.41. The Morgan fingerprint density at radius 1 is 1.26 bits per heavy atom. The minimum Gasteiger partial charge on any atom is -0.324 e. The quantitative estimate of drug-likeness (QED) is 0.845. The summed E-state index contributed by atoms with van der Waals surface area (Å²) >= 11 is 12.1. The van der Waals surface area contributed by atoms with Crippen LogP contribution in [0, 0.1) is 11.8 Å². The van der Waals surface area contributed by atoms with E-state index in [-0.39, 0.29) is 18.3 Å². The number of piperidine rings is 1. The highest BCUT2D eigenvalue weighted by molar-refractivity contribution is 6.39. The largest absolute Gasteiger partial charge is 0.324 e. The molecule has 3 rings (SSSR count). The molecule has 2 unspecified atom stereocenters. The summed E-state index contributed by atoms with van der Waals surface area (Å²) in [6.07, 6.45) is 1.70. The van der Waals surface area contributed by atoms with Crippen LogP contribution in [0.2, 0.25) is 10.0 Å². The average Bonchev–Trinajstić information content (AvgIpc) is 2.96. The molecule has 1 aromatic carbocycles. The first-order valence-corrected chi connectivity index (χ1v) is 8.56. The Balaban J connectivity index is 0.00000192. The number of benzene rings is 1. The molecule has 1 aromatic rings. The minimum atomic E-state index is -0.0401. The highest BCUT2D eigenvalue weighted by atomic mass is 35.5. The summed E-state index contributed by atoms with van der Waals surface area (Å²) in [5, 5.41) is 7.22. The maximum atomic E-state index is 12.1. The van der Waals surface area contributed by atoms with Crippen molar-refractivity contribution >= 4 is 47.2 Å². The van der Waals surface area contributed by atoms with Crippen molar-refractivity contribution in [2.24, 2.45) is 11.8 Å². The summed E-state index contributed by atoms with van der Waals surface area (Å²) in [6.45, 7) is 5.24. The second kappa shape index (κ2) is 8.54. The summed E-state index contributed by atoms with van der Waals surface area (Å²) < 4.78 is 0. The summed E-state index contributed by atoms with van der Waals surface area (Å²) in [6, 6.07) is 5.21. The lowest BCUT2D eigenvalue weighted by Gasteiger charge is -2.34. The van der Waals surface area contributed by atoms with Gasteiger partial charge < -0.3 is 15.5 Å². The van der Waals surface area contributed by atoms with Gasteiger partial charge in [0.05, 0.1) is 15.7 Å². The molecule has 2 atom stereocenters. The van der Waals surface area contributed by atoms with Crippen LogP contribution in [-0.4, -0.2) is 43.5 Å². The molecular formula is C16H22Cl3N3O. The van der Waals surface area contributed by atoms with Gasteiger partial charge >= 0.3 is 0 Å². The van der Waals surface area contributed by atoms with Crippen molar-refractivity contribution in [1.29, 1.82) is 0 Å². The second-order valence-corrected chi connectivity index (χ2v) is 6.98. The summed E-state index contributed by atoms with van der Waals surface area (Å²) in [7, 11) is 0. The Kier molecular flexibility index (Phi) is 6.99. The normalized spacial score (nSPS) is 23.9. The van der Waals surface area contributed by atoms with Gasteiger partial charge in [0.2, 0.25) is 5.91 Å². The number of hydrogen-bond donors (Lipinski definition) is 2. The molecule has 0 spiro atoms. The Morgan fingerprint density at radius 3 is 2.70 bits per heavy atom. The number of halogens is 3. The predicted octanol–water partition coefficient (Wildman–Crippen LogP) is 3.29. The van der Waals surface area contributed by atoms with E-state index in [4.69, 9.17) is 23.2 Å². The van der Waals surface area contributed by atoms with Crippen LogP contribution < -0.4 is 10.6 Å². The van der Waals surface area contributed by atoms with Crippen LogP contribution in [0.25, 0.3) is 0 Å². The first-order chi connectivity index (χ1) is 10.6. The number of nitrogens with one attached hydrogen (secondary N) is 2. The number of para-hydroxylation sites is 1. The standard InChI is InChI=1S/C16H21Cl2N3O.ClH/c17-13-2-1-3-14(18)16(13)20-15(22)5-7-21-6-4-11-8-19-9-12(11)10-21;/h1-3,11-12,19H,4-10H2,(H,20,22);1H. The third-order valence-electron chi connectivity index (χ3n) is 4.67. The van der Waals surface area contributed by atoms with E-state index in [0.717, 1.165) is 44.6 Å². The van der Waals surface area contributed by atoms with Crippen LogP contribution in [0.15, 0.2) is 18.2 Å². The highest BCUT2D eigenvalue weighted by Crippen LogP contribution is 2.30. The fourth-order valence-electron chi connectivity index (χ4n) is 3.39. The number of anilines is 1. The molecule has 23 heavy (non-hydrogen) atoms. The number of likely N-dealkylation sites (tertiary alicyclic amines) is 1. The van der Waals surface area contributed by atoms with Gasteiger partial charge in [-0.25, -0.2) is 0 Å². The second-order valence-electron chi connectivity index (χ2n) is 6.16. The highest BCUT2D eigenvalue weighted by Gasteiger charge is 2.32. The maximum Gasteiger partial charge on any atom is 0.225 e. The molecule has 4 nitrogen and oxygen atoms in total. The number of fused-ring (bicyclic) bond motifs is 1. The van der Waals surface area contributed by atoms with Gasteiger partial charge in [-0.2, -0.15) is 0 Å². The number of nitrogens with zero attached hydrogens (tertiary/aromatic N) is 1. The molecule has 0 bridgehead atoms. The Labute approximate surface area is 153 Å². The molecule has 2 aliphatic rings. The molecule has 7 heteroatoms. The van der Waals surface area contributed by atoms with Crippen molar-refractivity contribution in [2.75, 3.05) is 38.0 Å². The zero-order valence-corrected chi connectivity index (χ0v) is 15.2. The van der Waals surface area contributed by atoms with Crippen molar-refractivity contribution in [2.45, 2.75) is 12.8 Å². The topological polar surface area (TPSA) is 44.4 Å². The van der Waals surface area contributed by atoms with Crippen molar-refractivity contribution in [1.82, 2.24) is 10.2 Å². The number of amides is 1. The van der Waals surface area contributed by atoms with Crippen molar-refractivity contribution in [3.63, 3.8) is 0 Å². The maximum absolute atomic E-state index is 12.1. The van der Waals surface area contributed by atoms with Crippen molar-refractivity contribution in [3.05, 3.63) is 28.2 Å². The summed E-state index contributed by atoms with van der Waals surface area (Å²) in [5.41, 5.74) is 0.509. The average molecular weight is 379 g/mol. The minimum absolute atomic E-state index is 0. The van der Waals surface area contributed by atoms with E-state index < -0.39 is 0 Å². The van der Waals surface area contributed by atoms with Crippen molar-refractivity contribution in [3.8, 4) is 0 Å². The lowest BCUT2D eigenvalue weighted by atomic mass is 9.89. The van der Waals surface area contributed by atoms with Gasteiger partial charge in [-0.1, -0.05) is 29.3 Å². The molecule has 2 saturated heterocycles. The molecule has 128 valence electrons. The first kappa shape index (κ1) is 18.8. The molecular weight excluding hydrogens is 357 g/mol. The smallest absolute Gasteiger partial charge is 0.225 e. The zero-order chi connectivity index (χ0) is 15.5. The van der Waals surface area contributed by atoms with Gasteiger partial charge in [-0.05, 0) is 50.0 Å². The molecule has 2 fully saturated rings. The van der Waals surface area contributed by atoms with Gasteiger partial charge in [0.15, 0.2) is 0 Å². The van der Waals surface area contributed by atoms with Gasteiger partial charge in [0.1, 0.15) is 0 Å². The zero-order valence-electron chi connectivity index (χ0n) is 12.9. The van der Waals surface area contributed by atoms with Crippen LogP contribution in [0.4, 0.5) is 5.69 Å².